The molecule has 1 amide bonds. The molecule has 1 aromatic rings. The van der Waals surface area contributed by atoms with E-state index in [0.29, 0.717) is 13.3 Å². The summed E-state index contributed by atoms with van der Waals surface area (Å²) in [6.07, 6.45) is 2.71. The van der Waals surface area contributed by atoms with Gasteiger partial charge in [-0.15, -0.1) is 0 Å². The Morgan fingerprint density at radius 3 is 2.48 bits per heavy atom. The number of carbonyl (C=O) groups excluding carboxylic acids is 1. The first kappa shape index (κ1) is 14.2. The molecule has 0 fully saturated rings. The molecule has 2 heterocycles. The zero-order valence-corrected chi connectivity index (χ0v) is 13.0. The molecule has 0 radical (unpaired) electrons. The Bertz CT molecular complexity index is 551. The maximum atomic E-state index is 12.7. The lowest BCUT2D eigenvalue weighted by molar-refractivity contribution is -0.139. The number of ether oxygens (including phenoxy) is 2. The molecule has 0 aromatic heterocycles. The van der Waals surface area contributed by atoms with Crippen molar-refractivity contribution in [3.63, 3.8) is 0 Å². The minimum absolute atomic E-state index is 0.142. The normalized spacial score (nSPS) is 19.8. The van der Waals surface area contributed by atoms with Crippen molar-refractivity contribution >= 4 is 5.91 Å². The molecule has 0 saturated carbocycles. The second-order valence-corrected chi connectivity index (χ2v) is 6.01. The SMILES string of the molecule is CCC(CC)C(=O)N1Cc2cc3c(cc2CC1C)OCO3. The number of rotatable bonds is 3. The van der Waals surface area contributed by atoms with Crippen LogP contribution in [0.3, 0.4) is 0 Å². The highest BCUT2D eigenvalue weighted by Crippen LogP contribution is 2.38. The van der Waals surface area contributed by atoms with Crippen molar-refractivity contribution < 1.29 is 14.3 Å². The molecule has 0 saturated heterocycles. The Labute approximate surface area is 126 Å². The number of nitrogens with zero attached hydrogens (tertiary/aromatic N) is 1. The lowest BCUT2D eigenvalue weighted by Crippen LogP contribution is -2.45. The number of fused-ring (bicyclic) bond motifs is 2. The summed E-state index contributed by atoms with van der Waals surface area (Å²) in [5, 5.41) is 0. The third-order valence-electron chi connectivity index (χ3n) is 4.70. The van der Waals surface area contributed by atoms with Gasteiger partial charge in [0, 0.05) is 18.5 Å². The highest BCUT2D eigenvalue weighted by Gasteiger charge is 2.31. The van der Waals surface area contributed by atoms with Crippen LogP contribution in [-0.2, 0) is 17.8 Å². The van der Waals surface area contributed by atoms with Gasteiger partial charge in [0.15, 0.2) is 11.5 Å². The molecular formula is C17H23NO3. The van der Waals surface area contributed by atoms with Crippen molar-refractivity contribution in [1.29, 1.82) is 0 Å². The van der Waals surface area contributed by atoms with Crippen molar-refractivity contribution in [2.75, 3.05) is 6.79 Å². The minimum Gasteiger partial charge on any atom is -0.454 e. The molecule has 3 rings (SSSR count). The predicted octanol–water partition coefficient (Wildman–Crippen LogP) is 3.12. The fraction of sp³-hybridized carbons (Fsp3) is 0.588. The summed E-state index contributed by atoms with van der Waals surface area (Å²) in [5.41, 5.74) is 2.47. The van der Waals surface area contributed by atoms with Crippen molar-refractivity contribution in [2.24, 2.45) is 5.92 Å². The average Bonchev–Trinajstić information content (AvgIpc) is 2.92. The van der Waals surface area contributed by atoms with Gasteiger partial charge in [-0.25, -0.2) is 0 Å². The van der Waals surface area contributed by atoms with Crippen molar-refractivity contribution in [3.05, 3.63) is 23.3 Å². The summed E-state index contributed by atoms with van der Waals surface area (Å²) in [7, 11) is 0. The van der Waals surface area contributed by atoms with Crippen molar-refractivity contribution in [2.45, 2.75) is 52.6 Å². The van der Waals surface area contributed by atoms with Crippen LogP contribution in [0.1, 0.15) is 44.7 Å². The van der Waals surface area contributed by atoms with Gasteiger partial charge >= 0.3 is 0 Å². The molecule has 21 heavy (non-hydrogen) atoms. The molecule has 0 spiro atoms. The summed E-state index contributed by atoms with van der Waals surface area (Å²) < 4.78 is 10.9. The van der Waals surface area contributed by atoms with Gasteiger partial charge in [-0.2, -0.15) is 0 Å². The van der Waals surface area contributed by atoms with E-state index < -0.39 is 0 Å². The van der Waals surface area contributed by atoms with Crippen molar-refractivity contribution in [1.82, 2.24) is 4.90 Å². The molecule has 4 heteroatoms. The van der Waals surface area contributed by atoms with E-state index in [9.17, 15) is 4.79 Å². The Morgan fingerprint density at radius 2 is 1.86 bits per heavy atom. The molecule has 2 aliphatic rings. The van der Waals surface area contributed by atoms with Crippen LogP contribution in [0.15, 0.2) is 12.1 Å². The predicted molar refractivity (Wildman–Crippen MR) is 80.4 cm³/mol. The van der Waals surface area contributed by atoms with Crippen molar-refractivity contribution in [3.8, 4) is 11.5 Å². The first-order valence-electron chi connectivity index (χ1n) is 7.85. The van der Waals surface area contributed by atoms with E-state index in [1.54, 1.807) is 0 Å². The van der Waals surface area contributed by atoms with Crippen LogP contribution in [0.5, 0.6) is 11.5 Å². The molecule has 1 atom stereocenters. The molecule has 1 aromatic carbocycles. The van der Waals surface area contributed by atoms with Crippen LogP contribution in [0, 0.1) is 5.92 Å². The van der Waals surface area contributed by atoms with Crippen LogP contribution < -0.4 is 9.47 Å². The quantitative estimate of drug-likeness (QED) is 0.858. The van der Waals surface area contributed by atoms with Crippen LogP contribution in [0.25, 0.3) is 0 Å². The summed E-state index contributed by atoms with van der Waals surface area (Å²) in [6, 6.07) is 4.36. The Kier molecular flexibility index (Phi) is 3.79. The van der Waals surface area contributed by atoms with Gasteiger partial charge in [-0.1, -0.05) is 13.8 Å². The number of hydrogen-bond donors (Lipinski definition) is 0. The van der Waals surface area contributed by atoms with Gasteiger partial charge in [0.2, 0.25) is 12.7 Å². The van der Waals surface area contributed by atoms with E-state index in [-0.39, 0.29) is 17.9 Å². The topological polar surface area (TPSA) is 38.8 Å². The Morgan fingerprint density at radius 1 is 1.24 bits per heavy atom. The summed E-state index contributed by atoms with van der Waals surface area (Å²) >= 11 is 0. The van der Waals surface area contributed by atoms with Gasteiger partial charge in [0.1, 0.15) is 0 Å². The summed E-state index contributed by atoms with van der Waals surface area (Å²) in [4.78, 5) is 14.7. The number of benzene rings is 1. The molecule has 0 N–H and O–H groups in total. The van der Waals surface area contributed by atoms with E-state index in [1.165, 1.54) is 11.1 Å². The van der Waals surface area contributed by atoms with E-state index in [0.717, 1.165) is 30.8 Å². The smallest absolute Gasteiger partial charge is 0.231 e. The zero-order valence-electron chi connectivity index (χ0n) is 13.0. The van der Waals surface area contributed by atoms with Gasteiger partial charge in [0.05, 0.1) is 0 Å². The van der Waals surface area contributed by atoms with Crippen LogP contribution in [-0.4, -0.2) is 23.6 Å². The maximum absolute atomic E-state index is 12.7. The third-order valence-corrected chi connectivity index (χ3v) is 4.70. The van der Waals surface area contributed by atoms with Crippen LogP contribution >= 0.6 is 0 Å². The Hall–Kier alpha value is -1.71. The van der Waals surface area contributed by atoms with Gasteiger partial charge in [0.25, 0.3) is 0 Å². The van der Waals surface area contributed by atoms with E-state index in [1.807, 2.05) is 11.0 Å². The average molecular weight is 289 g/mol. The minimum atomic E-state index is 0.142. The largest absolute Gasteiger partial charge is 0.454 e. The van der Waals surface area contributed by atoms with E-state index >= 15 is 0 Å². The molecule has 2 aliphatic heterocycles. The molecule has 114 valence electrons. The van der Waals surface area contributed by atoms with Crippen LogP contribution in [0.4, 0.5) is 0 Å². The first-order valence-corrected chi connectivity index (χ1v) is 7.85. The molecule has 0 bridgehead atoms. The molecule has 1 unspecified atom stereocenters. The van der Waals surface area contributed by atoms with Gasteiger partial charge < -0.3 is 14.4 Å². The second-order valence-electron chi connectivity index (χ2n) is 6.01. The summed E-state index contributed by atoms with van der Waals surface area (Å²) in [6.45, 7) is 7.29. The van der Waals surface area contributed by atoms with Gasteiger partial charge in [-0.3, -0.25) is 4.79 Å². The van der Waals surface area contributed by atoms with E-state index in [2.05, 4.69) is 26.8 Å². The number of amides is 1. The highest BCUT2D eigenvalue weighted by atomic mass is 16.7. The molecule has 0 aliphatic carbocycles. The zero-order chi connectivity index (χ0) is 15.0. The summed E-state index contributed by atoms with van der Waals surface area (Å²) in [5.74, 6) is 2.07. The monoisotopic (exact) mass is 289 g/mol. The maximum Gasteiger partial charge on any atom is 0.231 e. The highest BCUT2D eigenvalue weighted by molar-refractivity contribution is 5.79. The number of carbonyl (C=O) groups is 1. The van der Waals surface area contributed by atoms with E-state index in [4.69, 9.17) is 9.47 Å². The fourth-order valence-corrected chi connectivity index (χ4v) is 3.30. The first-order chi connectivity index (χ1) is 10.1. The Balaban J connectivity index is 1.86. The second kappa shape index (κ2) is 5.58. The van der Waals surface area contributed by atoms with Crippen LogP contribution in [0.2, 0.25) is 0 Å². The third kappa shape index (κ3) is 2.47. The lowest BCUT2D eigenvalue weighted by atomic mass is 9.92. The standard InChI is InChI=1S/C17H23NO3/c1-4-12(5-2)17(19)18-9-14-8-16-15(20-10-21-16)7-13(14)6-11(18)3/h7-8,11-12H,4-6,9-10H2,1-3H3. The van der Waals surface area contributed by atoms with Gasteiger partial charge in [-0.05, 0) is 49.4 Å². The molecular weight excluding hydrogens is 266 g/mol. The molecule has 4 nitrogen and oxygen atoms in total. The fourth-order valence-electron chi connectivity index (χ4n) is 3.30. The number of hydrogen-bond acceptors (Lipinski definition) is 3. The lowest BCUT2D eigenvalue weighted by Gasteiger charge is -2.37.